The average molecular weight is 395 g/mol. The molecule has 3 aromatic rings. The molecule has 1 atom stereocenters. The molecule has 2 aromatic carbocycles. The molecule has 1 saturated heterocycles. The van der Waals surface area contributed by atoms with Crippen LogP contribution in [0.1, 0.15) is 27.0 Å². The van der Waals surface area contributed by atoms with Crippen molar-refractivity contribution >= 4 is 39.5 Å². The molecule has 2 heterocycles. The summed E-state index contributed by atoms with van der Waals surface area (Å²) in [5.41, 5.74) is 2.13. The van der Waals surface area contributed by atoms with Crippen molar-refractivity contribution < 1.29 is 19.1 Å². The first-order chi connectivity index (χ1) is 13.5. The quantitative estimate of drug-likeness (QED) is 0.717. The van der Waals surface area contributed by atoms with E-state index in [1.165, 1.54) is 11.3 Å². The summed E-state index contributed by atoms with van der Waals surface area (Å²) in [7, 11) is 0. The molecule has 7 nitrogen and oxygen atoms in total. The van der Waals surface area contributed by atoms with E-state index in [0.717, 1.165) is 25.7 Å². The highest BCUT2D eigenvalue weighted by Gasteiger charge is 2.33. The fraction of sp³-hybridized carbons (Fsp3) is 0.200. The van der Waals surface area contributed by atoms with Crippen LogP contribution >= 0.6 is 11.3 Å². The summed E-state index contributed by atoms with van der Waals surface area (Å²) >= 11 is 1.52. The smallest absolute Gasteiger partial charge is 0.417 e. The predicted octanol–water partition coefficient (Wildman–Crippen LogP) is 3.05. The number of rotatable bonds is 5. The van der Waals surface area contributed by atoms with Gasteiger partial charge in [-0.2, -0.15) is 0 Å². The first kappa shape index (κ1) is 18.1. The number of thiazole rings is 1. The number of aryl methyl sites for hydroxylation is 1. The van der Waals surface area contributed by atoms with E-state index in [2.05, 4.69) is 10.3 Å². The van der Waals surface area contributed by atoms with E-state index in [1.54, 1.807) is 12.1 Å². The predicted molar refractivity (Wildman–Crippen MR) is 104 cm³/mol. The number of aromatic nitrogens is 1. The van der Waals surface area contributed by atoms with Gasteiger partial charge in [-0.05, 0) is 30.7 Å². The molecule has 0 saturated carbocycles. The van der Waals surface area contributed by atoms with E-state index in [0.29, 0.717) is 5.56 Å². The van der Waals surface area contributed by atoms with Crippen LogP contribution in [-0.4, -0.2) is 40.9 Å². The molecule has 142 valence electrons. The number of hydrogen-bond acceptors (Lipinski definition) is 6. The van der Waals surface area contributed by atoms with Crippen LogP contribution in [0.15, 0.2) is 48.5 Å². The van der Waals surface area contributed by atoms with Crippen LogP contribution in [0.4, 0.5) is 4.79 Å². The fourth-order valence-electron chi connectivity index (χ4n) is 3.08. The number of imide groups is 1. The second-order valence-corrected chi connectivity index (χ2v) is 7.65. The van der Waals surface area contributed by atoms with Gasteiger partial charge in [0.15, 0.2) is 6.61 Å². The van der Waals surface area contributed by atoms with Crippen molar-refractivity contribution in [3.63, 3.8) is 0 Å². The van der Waals surface area contributed by atoms with E-state index in [9.17, 15) is 14.4 Å². The summed E-state index contributed by atoms with van der Waals surface area (Å²) in [4.78, 5) is 42.0. The lowest BCUT2D eigenvalue weighted by Gasteiger charge is -2.23. The SMILES string of the molecule is Cc1nc2ccc(C(=O)NC(CN3C(=O)COC3=O)c3ccccc3)cc2s1. The standard InChI is InChI=1S/C20H17N3O4S/c1-12-21-15-8-7-14(9-17(15)28-12)19(25)22-16(13-5-3-2-4-6-13)10-23-18(24)11-27-20(23)26/h2-9,16H,10-11H2,1H3,(H,22,25). The van der Waals surface area contributed by atoms with Gasteiger partial charge in [0.1, 0.15) is 0 Å². The van der Waals surface area contributed by atoms with Crippen molar-refractivity contribution in [2.75, 3.05) is 13.2 Å². The van der Waals surface area contributed by atoms with Crippen LogP contribution in [0.25, 0.3) is 10.2 Å². The Bertz CT molecular complexity index is 1050. The molecule has 4 rings (SSSR count). The molecule has 28 heavy (non-hydrogen) atoms. The van der Waals surface area contributed by atoms with E-state index in [-0.39, 0.29) is 19.1 Å². The Morgan fingerprint density at radius 1 is 1.25 bits per heavy atom. The molecule has 1 aliphatic rings. The van der Waals surface area contributed by atoms with Crippen molar-refractivity contribution in [3.8, 4) is 0 Å². The van der Waals surface area contributed by atoms with Gasteiger partial charge in [-0.25, -0.2) is 14.7 Å². The Hall–Kier alpha value is -3.26. The van der Waals surface area contributed by atoms with Crippen molar-refractivity contribution in [2.45, 2.75) is 13.0 Å². The Labute approximate surface area is 164 Å². The van der Waals surface area contributed by atoms with Gasteiger partial charge in [0, 0.05) is 5.56 Å². The molecule has 1 aromatic heterocycles. The van der Waals surface area contributed by atoms with Crippen LogP contribution < -0.4 is 5.32 Å². The first-order valence-electron chi connectivity index (χ1n) is 8.71. The minimum atomic E-state index is -0.693. The normalized spacial score (nSPS) is 15.0. The van der Waals surface area contributed by atoms with Gasteiger partial charge in [-0.3, -0.25) is 9.59 Å². The van der Waals surface area contributed by atoms with Crippen LogP contribution in [0.5, 0.6) is 0 Å². The lowest BCUT2D eigenvalue weighted by Crippen LogP contribution is -2.40. The largest absolute Gasteiger partial charge is 0.439 e. The molecule has 1 unspecified atom stereocenters. The maximum Gasteiger partial charge on any atom is 0.417 e. The van der Waals surface area contributed by atoms with E-state index < -0.39 is 18.0 Å². The van der Waals surface area contributed by atoms with Crippen LogP contribution in [-0.2, 0) is 9.53 Å². The molecule has 0 bridgehead atoms. The van der Waals surface area contributed by atoms with Crippen LogP contribution in [0.2, 0.25) is 0 Å². The van der Waals surface area contributed by atoms with Gasteiger partial charge in [-0.1, -0.05) is 30.3 Å². The van der Waals surface area contributed by atoms with Crippen molar-refractivity contribution in [2.24, 2.45) is 0 Å². The number of carbonyl (C=O) groups excluding carboxylic acids is 3. The van der Waals surface area contributed by atoms with E-state index in [4.69, 9.17) is 4.74 Å². The Morgan fingerprint density at radius 2 is 2.04 bits per heavy atom. The number of nitrogens with one attached hydrogen (secondary N) is 1. The Balaban J connectivity index is 1.59. The molecular formula is C20H17N3O4S. The maximum atomic E-state index is 12.9. The van der Waals surface area contributed by atoms with Crippen molar-refractivity contribution in [3.05, 3.63) is 64.7 Å². The third-order valence-corrected chi connectivity index (χ3v) is 5.40. The summed E-state index contributed by atoms with van der Waals surface area (Å²) in [6, 6.07) is 14.0. The number of carbonyl (C=O) groups is 3. The van der Waals surface area contributed by atoms with Gasteiger partial charge in [0.25, 0.3) is 11.8 Å². The number of amides is 3. The van der Waals surface area contributed by atoms with Gasteiger partial charge in [0.2, 0.25) is 0 Å². The van der Waals surface area contributed by atoms with Crippen molar-refractivity contribution in [1.82, 2.24) is 15.2 Å². The van der Waals surface area contributed by atoms with E-state index in [1.807, 2.05) is 43.3 Å². The summed E-state index contributed by atoms with van der Waals surface area (Å²) in [5, 5.41) is 3.86. The minimum Gasteiger partial charge on any atom is -0.439 e. The molecule has 3 amide bonds. The summed E-state index contributed by atoms with van der Waals surface area (Å²) in [6.45, 7) is 1.66. The molecule has 0 spiro atoms. The average Bonchev–Trinajstić information content (AvgIpc) is 3.22. The third kappa shape index (κ3) is 3.59. The number of hydrogen-bond donors (Lipinski definition) is 1. The molecule has 1 fully saturated rings. The lowest BCUT2D eigenvalue weighted by atomic mass is 10.1. The lowest BCUT2D eigenvalue weighted by molar-refractivity contribution is -0.126. The molecule has 1 N–H and O–H groups in total. The molecular weight excluding hydrogens is 378 g/mol. The molecule has 0 radical (unpaired) electrons. The monoisotopic (exact) mass is 395 g/mol. The minimum absolute atomic E-state index is 0.00926. The van der Waals surface area contributed by atoms with Gasteiger partial charge < -0.3 is 10.1 Å². The van der Waals surface area contributed by atoms with Crippen molar-refractivity contribution in [1.29, 1.82) is 0 Å². The molecule has 1 aliphatic heterocycles. The van der Waals surface area contributed by atoms with Gasteiger partial charge >= 0.3 is 6.09 Å². The topological polar surface area (TPSA) is 88.6 Å². The Morgan fingerprint density at radius 3 is 2.75 bits per heavy atom. The highest BCUT2D eigenvalue weighted by atomic mass is 32.1. The number of ether oxygens (including phenoxy) is 1. The highest BCUT2D eigenvalue weighted by Crippen LogP contribution is 2.23. The number of nitrogens with zero attached hydrogens (tertiary/aromatic N) is 2. The Kier molecular flexibility index (Phi) is 4.79. The third-order valence-electron chi connectivity index (χ3n) is 4.47. The second-order valence-electron chi connectivity index (χ2n) is 6.41. The first-order valence-corrected chi connectivity index (χ1v) is 9.53. The van der Waals surface area contributed by atoms with Crippen LogP contribution in [0, 0.1) is 6.92 Å². The zero-order valence-corrected chi connectivity index (χ0v) is 15.9. The van der Waals surface area contributed by atoms with Crippen LogP contribution in [0.3, 0.4) is 0 Å². The zero-order chi connectivity index (χ0) is 19.7. The highest BCUT2D eigenvalue weighted by molar-refractivity contribution is 7.18. The number of cyclic esters (lactones) is 1. The van der Waals surface area contributed by atoms with E-state index >= 15 is 0 Å². The molecule has 0 aliphatic carbocycles. The zero-order valence-electron chi connectivity index (χ0n) is 15.0. The van der Waals surface area contributed by atoms with Gasteiger partial charge in [-0.15, -0.1) is 11.3 Å². The summed E-state index contributed by atoms with van der Waals surface area (Å²) < 4.78 is 5.70. The molecule has 8 heteroatoms. The number of benzene rings is 2. The summed E-state index contributed by atoms with van der Waals surface area (Å²) in [6.07, 6.45) is -0.693. The number of fused-ring (bicyclic) bond motifs is 1. The fourth-order valence-corrected chi connectivity index (χ4v) is 3.95. The second kappa shape index (κ2) is 7.40. The van der Waals surface area contributed by atoms with Gasteiger partial charge in [0.05, 0.1) is 27.8 Å². The maximum absolute atomic E-state index is 12.9. The summed E-state index contributed by atoms with van der Waals surface area (Å²) in [5.74, 6) is -0.705.